The van der Waals surface area contributed by atoms with Gasteiger partial charge in [0.25, 0.3) is 5.91 Å². The number of hydrogen-bond acceptors (Lipinski definition) is 3. The van der Waals surface area contributed by atoms with Crippen molar-refractivity contribution in [1.29, 1.82) is 0 Å². The predicted molar refractivity (Wildman–Crippen MR) is 62.8 cm³/mol. The number of carbonyl (C=O) groups is 1. The number of hydrogen-bond donors (Lipinski definition) is 2. The summed E-state index contributed by atoms with van der Waals surface area (Å²) in [7, 11) is 0. The zero-order valence-corrected chi connectivity index (χ0v) is 8.90. The number of rotatable bonds is 5. The summed E-state index contributed by atoms with van der Waals surface area (Å²) >= 11 is 0. The van der Waals surface area contributed by atoms with Crippen LogP contribution in [0.2, 0.25) is 0 Å². The number of anilines is 1. The Hall–Kier alpha value is -2.15. The van der Waals surface area contributed by atoms with Crippen LogP contribution in [0.4, 0.5) is 5.69 Å². The third kappa shape index (κ3) is 4.38. The first kappa shape index (κ1) is 11.9. The molecule has 84 valence electrons. The highest BCUT2D eigenvalue weighted by Gasteiger charge is 2.01. The second kappa shape index (κ2) is 6.36. The maximum absolute atomic E-state index is 11.2. The largest absolute Gasteiger partial charge is 0.484 e. The molecular weight excluding hydrogens is 204 g/mol. The second-order valence-electron chi connectivity index (χ2n) is 3.17. The summed E-state index contributed by atoms with van der Waals surface area (Å²) in [5, 5.41) is 2.63. The van der Waals surface area contributed by atoms with Crippen LogP contribution in [0.25, 0.3) is 0 Å². The number of nitrogens with two attached hydrogens (primary N) is 1. The zero-order chi connectivity index (χ0) is 11.8. The van der Waals surface area contributed by atoms with E-state index in [0.29, 0.717) is 24.4 Å². The molecule has 0 aliphatic heterocycles. The Morgan fingerprint density at radius 2 is 2.38 bits per heavy atom. The minimum Gasteiger partial charge on any atom is -0.484 e. The highest BCUT2D eigenvalue weighted by molar-refractivity contribution is 5.77. The maximum atomic E-state index is 11.2. The highest BCUT2D eigenvalue weighted by Crippen LogP contribution is 2.13. The summed E-state index contributed by atoms with van der Waals surface area (Å²) in [6, 6.07) is 6.92. The van der Waals surface area contributed by atoms with E-state index in [9.17, 15) is 4.79 Å². The molecule has 0 bridgehead atoms. The van der Waals surface area contributed by atoms with Gasteiger partial charge in [-0.3, -0.25) is 4.79 Å². The van der Waals surface area contributed by atoms with E-state index in [0.717, 1.165) is 0 Å². The molecule has 0 fully saturated rings. The fourth-order valence-corrected chi connectivity index (χ4v) is 1.08. The topological polar surface area (TPSA) is 64.3 Å². The molecule has 0 saturated heterocycles. The molecule has 0 heterocycles. The van der Waals surface area contributed by atoms with Gasteiger partial charge in [0, 0.05) is 24.7 Å². The number of nitrogens with one attached hydrogen (secondary N) is 1. The van der Waals surface area contributed by atoms with Crippen LogP contribution >= 0.6 is 0 Å². The van der Waals surface area contributed by atoms with Crippen molar-refractivity contribution in [3.8, 4) is 18.1 Å². The van der Waals surface area contributed by atoms with Crippen molar-refractivity contribution in [1.82, 2.24) is 5.32 Å². The standard InChI is InChI=1S/C12H14N2O2/c1-2-3-7-14-12(15)9-16-11-6-4-5-10(13)8-11/h1,4-6,8H,3,7,9,13H2,(H,14,15). The molecule has 0 aliphatic rings. The summed E-state index contributed by atoms with van der Waals surface area (Å²) < 4.78 is 5.24. The van der Waals surface area contributed by atoms with Crippen molar-refractivity contribution in [2.45, 2.75) is 6.42 Å². The molecule has 0 aliphatic carbocycles. The van der Waals surface area contributed by atoms with E-state index in [2.05, 4.69) is 11.2 Å². The first-order valence-electron chi connectivity index (χ1n) is 4.91. The van der Waals surface area contributed by atoms with E-state index >= 15 is 0 Å². The number of terminal acetylenes is 1. The van der Waals surface area contributed by atoms with Gasteiger partial charge in [-0.1, -0.05) is 6.07 Å². The normalized spacial score (nSPS) is 9.19. The van der Waals surface area contributed by atoms with Crippen LogP contribution < -0.4 is 15.8 Å². The van der Waals surface area contributed by atoms with E-state index in [4.69, 9.17) is 16.9 Å². The molecule has 0 aromatic heterocycles. The van der Waals surface area contributed by atoms with Gasteiger partial charge in [0.1, 0.15) is 5.75 Å². The van der Waals surface area contributed by atoms with Crippen LogP contribution in [0.1, 0.15) is 6.42 Å². The van der Waals surface area contributed by atoms with Crippen molar-refractivity contribution >= 4 is 11.6 Å². The molecule has 1 aromatic carbocycles. The first-order valence-corrected chi connectivity index (χ1v) is 4.91. The van der Waals surface area contributed by atoms with Gasteiger partial charge >= 0.3 is 0 Å². The van der Waals surface area contributed by atoms with E-state index in [-0.39, 0.29) is 12.5 Å². The van der Waals surface area contributed by atoms with E-state index in [1.807, 2.05) is 0 Å². The molecule has 0 saturated carbocycles. The average molecular weight is 218 g/mol. The van der Waals surface area contributed by atoms with Crippen LogP contribution in [-0.2, 0) is 4.79 Å². The fraction of sp³-hybridized carbons (Fsp3) is 0.250. The molecule has 1 rings (SSSR count). The van der Waals surface area contributed by atoms with Gasteiger partial charge in [0.15, 0.2) is 6.61 Å². The monoisotopic (exact) mass is 218 g/mol. The van der Waals surface area contributed by atoms with Crippen molar-refractivity contribution in [3.63, 3.8) is 0 Å². The summed E-state index contributed by atoms with van der Waals surface area (Å²) in [6.07, 6.45) is 5.57. The van der Waals surface area contributed by atoms with Crippen LogP contribution in [0.15, 0.2) is 24.3 Å². The summed E-state index contributed by atoms with van der Waals surface area (Å²) in [4.78, 5) is 11.2. The first-order chi connectivity index (χ1) is 7.72. The molecule has 4 nitrogen and oxygen atoms in total. The van der Waals surface area contributed by atoms with E-state index < -0.39 is 0 Å². The fourth-order valence-electron chi connectivity index (χ4n) is 1.08. The number of ether oxygens (including phenoxy) is 1. The Bertz CT molecular complexity index is 396. The minimum absolute atomic E-state index is 0.0337. The zero-order valence-electron chi connectivity index (χ0n) is 8.90. The molecular formula is C12H14N2O2. The van der Waals surface area contributed by atoms with Crippen molar-refractivity contribution < 1.29 is 9.53 Å². The SMILES string of the molecule is C#CCCNC(=O)COc1cccc(N)c1. The van der Waals surface area contributed by atoms with Gasteiger partial charge in [-0.15, -0.1) is 12.3 Å². The van der Waals surface area contributed by atoms with Crippen molar-refractivity contribution in [2.24, 2.45) is 0 Å². The van der Waals surface area contributed by atoms with Gasteiger partial charge in [-0.25, -0.2) is 0 Å². The molecule has 1 aromatic rings. The molecule has 0 unspecified atom stereocenters. The van der Waals surface area contributed by atoms with Gasteiger partial charge in [-0.2, -0.15) is 0 Å². The Balaban J connectivity index is 2.29. The molecule has 4 heteroatoms. The molecule has 0 atom stereocenters. The molecule has 0 radical (unpaired) electrons. The Labute approximate surface area is 94.8 Å². The molecule has 16 heavy (non-hydrogen) atoms. The molecule has 3 N–H and O–H groups in total. The third-order valence-corrected chi connectivity index (χ3v) is 1.82. The van der Waals surface area contributed by atoms with E-state index in [1.165, 1.54) is 0 Å². The number of benzene rings is 1. The minimum atomic E-state index is -0.197. The lowest BCUT2D eigenvalue weighted by Gasteiger charge is -2.06. The van der Waals surface area contributed by atoms with Crippen LogP contribution in [0.5, 0.6) is 5.75 Å². The third-order valence-electron chi connectivity index (χ3n) is 1.82. The van der Waals surface area contributed by atoms with Gasteiger partial charge in [0.2, 0.25) is 0 Å². The quantitative estimate of drug-likeness (QED) is 0.436. The lowest BCUT2D eigenvalue weighted by atomic mass is 10.3. The Morgan fingerprint density at radius 3 is 3.06 bits per heavy atom. The lowest BCUT2D eigenvalue weighted by molar-refractivity contribution is -0.123. The summed E-state index contributed by atoms with van der Waals surface area (Å²) in [6.45, 7) is 0.434. The number of amides is 1. The summed E-state index contributed by atoms with van der Waals surface area (Å²) in [5.41, 5.74) is 6.16. The molecule has 0 spiro atoms. The number of carbonyl (C=O) groups excluding carboxylic acids is 1. The van der Waals surface area contributed by atoms with Gasteiger partial charge < -0.3 is 15.8 Å². The lowest BCUT2D eigenvalue weighted by Crippen LogP contribution is -2.29. The van der Waals surface area contributed by atoms with Crippen molar-refractivity contribution in [3.05, 3.63) is 24.3 Å². The van der Waals surface area contributed by atoms with Crippen LogP contribution in [0.3, 0.4) is 0 Å². The molecule has 1 amide bonds. The predicted octanol–water partition coefficient (Wildman–Crippen LogP) is 0.787. The Morgan fingerprint density at radius 1 is 1.56 bits per heavy atom. The van der Waals surface area contributed by atoms with Gasteiger partial charge in [-0.05, 0) is 12.1 Å². The Kier molecular flexibility index (Phi) is 4.74. The van der Waals surface area contributed by atoms with Crippen LogP contribution in [0, 0.1) is 12.3 Å². The van der Waals surface area contributed by atoms with Crippen LogP contribution in [-0.4, -0.2) is 19.1 Å². The second-order valence-corrected chi connectivity index (χ2v) is 3.17. The highest BCUT2D eigenvalue weighted by atomic mass is 16.5. The van der Waals surface area contributed by atoms with E-state index in [1.54, 1.807) is 24.3 Å². The average Bonchev–Trinajstić information content (AvgIpc) is 2.27. The summed E-state index contributed by atoms with van der Waals surface area (Å²) in [5.74, 6) is 2.81. The smallest absolute Gasteiger partial charge is 0.257 e. The number of nitrogen functional groups attached to an aromatic ring is 1. The van der Waals surface area contributed by atoms with Crippen molar-refractivity contribution in [2.75, 3.05) is 18.9 Å². The van der Waals surface area contributed by atoms with Gasteiger partial charge in [0.05, 0.1) is 0 Å². The maximum Gasteiger partial charge on any atom is 0.257 e.